The van der Waals surface area contributed by atoms with Crippen LogP contribution in [0.4, 0.5) is 0 Å². The first-order valence-corrected chi connectivity index (χ1v) is 17.0. The molecular weight excluding hydrogens is 466 g/mol. The van der Waals surface area contributed by atoms with E-state index in [2.05, 4.69) is 42.8 Å². The Morgan fingerprint density at radius 3 is 1.47 bits per heavy atom. The maximum atomic E-state index is 11.1. The van der Waals surface area contributed by atoms with E-state index in [0.29, 0.717) is 6.42 Å². The summed E-state index contributed by atoms with van der Waals surface area (Å²) in [6, 6.07) is 0. The minimum atomic E-state index is -0.0723. The summed E-state index contributed by atoms with van der Waals surface area (Å²) in [5, 5.41) is 0. The Kier molecular flexibility index (Phi) is 30.0. The van der Waals surface area contributed by atoms with E-state index in [-0.39, 0.29) is 5.97 Å². The maximum Gasteiger partial charge on any atom is 0.305 e. The smallest absolute Gasteiger partial charge is 0.305 e. The SMILES string of the molecule is CCCCCCCCCC(CCCCCCCCCC/C=C\CCCCCCCC(=O)OC)CCN(C)C. The van der Waals surface area contributed by atoms with Gasteiger partial charge in [-0.15, -0.1) is 0 Å². The van der Waals surface area contributed by atoms with Crippen molar-refractivity contribution in [2.75, 3.05) is 27.7 Å². The topological polar surface area (TPSA) is 29.5 Å². The standard InChI is InChI=1S/C35H69NO2/c1-5-6-7-8-20-23-26-29-34(32-33-36(2)3)30-27-24-21-18-16-14-12-10-9-11-13-15-17-19-22-25-28-31-35(37)38-4/h11,13,34H,5-10,12,14-33H2,1-4H3/b13-11-. The van der Waals surface area contributed by atoms with Gasteiger partial charge in [0.25, 0.3) is 0 Å². The van der Waals surface area contributed by atoms with Crippen molar-refractivity contribution in [3.8, 4) is 0 Å². The number of hydrogen-bond acceptors (Lipinski definition) is 3. The number of allylic oxidation sites excluding steroid dienone is 2. The van der Waals surface area contributed by atoms with E-state index < -0.39 is 0 Å². The Morgan fingerprint density at radius 1 is 0.605 bits per heavy atom. The molecule has 3 nitrogen and oxygen atoms in total. The molecule has 0 saturated carbocycles. The highest BCUT2D eigenvalue weighted by molar-refractivity contribution is 5.68. The number of hydrogen-bond donors (Lipinski definition) is 0. The van der Waals surface area contributed by atoms with Gasteiger partial charge < -0.3 is 9.64 Å². The van der Waals surface area contributed by atoms with Crippen LogP contribution in [0.1, 0.15) is 174 Å². The number of ether oxygens (including phenoxy) is 1. The Hall–Kier alpha value is -0.830. The monoisotopic (exact) mass is 536 g/mol. The number of unbranched alkanes of at least 4 members (excludes halogenated alkanes) is 19. The molecule has 0 heterocycles. The zero-order valence-corrected chi connectivity index (χ0v) is 26.6. The van der Waals surface area contributed by atoms with E-state index in [1.165, 1.54) is 161 Å². The van der Waals surface area contributed by atoms with Crippen LogP contribution in [0.3, 0.4) is 0 Å². The molecule has 1 atom stereocenters. The van der Waals surface area contributed by atoms with Gasteiger partial charge in [0, 0.05) is 6.42 Å². The predicted molar refractivity (Wildman–Crippen MR) is 169 cm³/mol. The third-order valence-electron chi connectivity index (χ3n) is 8.08. The number of rotatable bonds is 30. The van der Waals surface area contributed by atoms with Gasteiger partial charge in [0.1, 0.15) is 0 Å². The Morgan fingerprint density at radius 2 is 1.03 bits per heavy atom. The van der Waals surface area contributed by atoms with Gasteiger partial charge in [0.15, 0.2) is 0 Å². The lowest BCUT2D eigenvalue weighted by molar-refractivity contribution is -0.140. The third kappa shape index (κ3) is 29.7. The molecule has 0 aliphatic carbocycles. The Bertz CT molecular complexity index is 502. The van der Waals surface area contributed by atoms with E-state index in [0.717, 1.165) is 18.8 Å². The molecule has 0 amide bonds. The molecule has 0 aromatic rings. The molecule has 0 bridgehead atoms. The summed E-state index contributed by atoms with van der Waals surface area (Å²) in [6.45, 7) is 3.57. The quantitative estimate of drug-likeness (QED) is 0.0520. The summed E-state index contributed by atoms with van der Waals surface area (Å²) in [4.78, 5) is 13.4. The summed E-state index contributed by atoms with van der Waals surface area (Å²) < 4.78 is 4.68. The van der Waals surface area contributed by atoms with Crippen LogP contribution in [0.15, 0.2) is 12.2 Å². The second-order valence-electron chi connectivity index (χ2n) is 12.1. The number of esters is 1. The van der Waals surface area contributed by atoms with Crippen molar-refractivity contribution >= 4 is 5.97 Å². The van der Waals surface area contributed by atoms with Gasteiger partial charge in [-0.3, -0.25) is 4.79 Å². The fourth-order valence-electron chi connectivity index (χ4n) is 5.42. The number of carbonyl (C=O) groups is 1. The second kappa shape index (κ2) is 30.7. The van der Waals surface area contributed by atoms with E-state index in [1.54, 1.807) is 0 Å². The van der Waals surface area contributed by atoms with Crippen molar-refractivity contribution < 1.29 is 9.53 Å². The summed E-state index contributed by atoms with van der Waals surface area (Å²) in [6.07, 6.45) is 39.5. The minimum absolute atomic E-state index is 0.0723. The van der Waals surface area contributed by atoms with Crippen LogP contribution < -0.4 is 0 Å². The molecule has 0 N–H and O–H groups in total. The zero-order valence-electron chi connectivity index (χ0n) is 26.6. The number of carbonyl (C=O) groups excluding carboxylic acids is 1. The largest absolute Gasteiger partial charge is 0.469 e. The predicted octanol–water partition coefficient (Wildman–Crippen LogP) is 11.1. The van der Waals surface area contributed by atoms with Crippen molar-refractivity contribution in [3.05, 3.63) is 12.2 Å². The van der Waals surface area contributed by atoms with Gasteiger partial charge in [-0.2, -0.15) is 0 Å². The van der Waals surface area contributed by atoms with Gasteiger partial charge in [-0.05, 0) is 65.1 Å². The van der Waals surface area contributed by atoms with E-state index in [9.17, 15) is 4.79 Å². The highest BCUT2D eigenvalue weighted by Crippen LogP contribution is 2.22. The molecule has 226 valence electrons. The lowest BCUT2D eigenvalue weighted by Crippen LogP contribution is -2.17. The van der Waals surface area contributed by atoms with E-state index in [4.69, 9.17) is 0 Å². The van der Waals surface area contributed by atoms with Crippen LogP contribution in [0.25, 0.3) is 0 Å². The van der Waals surface area contributed by atoms with Crippen molar-refractivity contribution in [1.29, 1.82) is 0 Å². The first kappa shape index (κ1) is 37.2. The second-order valence-corrected chi connectivity index (χ2v) is 12.1. The van der Waals surface area contributed by atoms with Crippen LogP contribution in [0, 0.1) is 5.92 Å². The van der Waals surface area contributed by atoms with Crippen LogP contribution in [-0.4, -0.2) is 38.6 Å². The normalized spacial score (nSPS) is 12.6. The highest BCUT2D eigenvalue weighted by atomic mass is 16.5. The molecule has 0 spiro atoms. The molecule has 0 aromatic heterocycles. The molecular formula is C35H69NO2. The first-order chi connectivity index (χ1) is 18.6. The van der Waals surface area contributed by atoms with Crippen LogP contribution in [0.2, 0.25) is 0 Å². The summed E-state index contributed by atoms with van der Waals surface area (Å²) in [7, 11) is 5.92. The average Bonchev–Trinajstić information content (AvgIpc) is 2.91. The Balaban J connectivity index is 3.52. The lowest BCUT2D eigenvalue weighted by atomic mass is 9.91. The fourth-order valence-corrected chi connectivity index (χ4v) is 5.42. The summed E-state index contributed by atoms with van der Waals surface area (Å²) in [5.41, 5.74) is 0. The molecule has 0 aliphatic heterocycles. The van der Waals surface area contributed by atoms with E-state index >= 15 is 0 Å². The summed E-state index contributed by atoms with van der Waals surface area (Å²) >= 11 is 0. The van der Waals surface area contributed by atoms with Crippen molar-refractivity contribution in [3.63, 3.8) is 0 Å². The van der Waals surface area contributed by atoms with Crippen LogP contribution in [-0.2, 0) is 9.53 Å². The zero-order chi connectivity index (χ0) is 27.9. The number of nitrogens with zero attached hydrogens (tertiary/aromatic N) is 1. The fraction of sp³-hybridized carbons (Fsp3) is 0.914. The minimum Gasteiger partial charge on any atom is -0.469 e. The average molecular weight is 536 g/mol. The van der Waals surface area contributed by atoms with Gasteiger partial charge in [-0.25, -0.2) is 0 Å². The molecule has 0 aromatic carbocycles. The van der Waals surface area contributed by atoms with Crippen molar-refractivity contribution in [2.24, 2.45) is 5.92 Å². The molecule has 1 unspecified atom stereocenters. The maximum absolute atomic E-state index is 11.1. The van der Waals surface area contributed by atoms with Crippen molar-refractivity contribution in [1.82, 2.24) is 4.90 Å². The third-order valence-corrected chi connectivity index (χ3v) is 8.08. The van der Waals surface area contributed by atoms with Gasteiger partial charge in [0.05, 0.1) is 7.11 Å². The highest BCUT2D eigenvalue weighted by Gasteiger charge is 2.09. The molecule has 0 saturated heterocycles. The van der Waals surface area contributed by atoms with Crippen LogP contribution in [0.5, 0.6) is 0 Å². The summed E-state index contributed by atoms with van der Waals surface area (Å²) in [5.74, 6) is 0.885. The molecule has 3 heteroatoms. The molecule has 0 rings (SSSR count). The van der Waals surface area contributed by atoms with Gasteiger partial charge in [0.2, 0.25) is 0 Å². The van der Waals surface area contributed by atoms with Crippen LogP contribution >= 0.6 is 0 Å². The molecule has 38 heavy (non-hydrogen) atoms. The lowest BCUT2D eigenvalue weighted by Gasteiger charge is -2.19. The van der Waals surface area contributed by atoms with Gasteiger partial charge >= 0.3 is 5.97 Å². The molecule has 0 radical (unpaired) electrons. The van der Waals surface area contributed by atoms with E-state index in [1.807, 2.05) is 0 Å². The van der Waals surface area contributed by atoms with Crippen molar-refractivity contribution in [2.45, 2.75) is 174 Å². The number of methoxy groups -OCH3 is 1. The molecule has 0 aliphatic rings. The first-order valence-electron chi connectivity index (χ1n) is 17.0. The Labute approximate surface area is 239 Å². The van der Waals surface area contributed by atoms with Gasteiger partial charge in [-0.1, -0.05) is 141 Å². The molecule has 0 fully saturated rings.